The van der Waals surface area contributed by atoms with Gasteiger partial charge in [-0.2, -0.15) is 0 Å². The molecule has 1 rings (SSSR count). The van der Waals surface area contributed by atoms with Gasteiger partial charge in [-0.05, 0) is 39.7 Å². The number of carbonyl (C=O) groups excluding carboxylic acids is 4. The largest absolute Gasteiger partial charge is 0.395 e. The lowest BCUT2D eigenvalue weighted by Gasteiger charge is -2.39. The van der Waals surface area contributed by atoms with Gasteiger partial charge in [-0.1, -0.05) is 27.2 Å². The lowest BCUT2D eigenvalue weighted by Crippen LogP contribution is -2.56. The first-order chi connectivity index (χ1) is 18.8. The van der Waals surface area contributed by atoms with Gasteiger partial charge in [0.25, 0.3) is 0 Å². The average Bonchev–Trinajstić information content (AvgIpc) is 3.43. The summed E-state index contributed by atoms with van der Waals surface area (Å²) in [5.41, 5.74) is -0.820. The fourth-order valence-electron chi connectivity index (χ4n) is 5.28. The van der Waals surface area contributed by atoms with E-state index in [1.807, 2.05) is 13.8 Å². The molecule has 1 saturated heterocycles. The van der Waals surface area contributed by atoms with E-state index >= 15 is 0 Å². The molecule has 4 N–H and O–H groups in total. The second-order valence-corrected chi connectivity index (χ2v) is 11.2. The van der Waals surface area contributed by atoms with Crippen molar-refractivity contribution in [2.24, 2.45) is 11.8 Å². The molecule has 0 spiro atoms. The normalized spacial score (nSPS) is 19.4. The predicted octanol–water partition coefficient (Wildman–Crippen LogP) is 0.129. The maximum absolute atomic E-state index is 13.7. The lowest BCUT2D eigenvalue weighted by atomic mass is 9.90. The zero-order chi connectivity index (χ0) is 30.6. The van der Waals surface area contributed by atoms with Crippen molar-refractivity contribution in [3.8, 4) is 0 Å². The Labute approximate surface area is 239 Å². The van der Waals surface area contributed by atoms with E-state index in [4.69, 9.17) is 14.6 Å². The van der Waals surface area contributed by atoms with Crippen molar-refractivity contribution >= 4 is 23.6 Å². The molecule has 0 radical (unpaired) electrons. The quantitative estimate of drug-likeness (QED) is 0.193. The standard InChI is InChI=1S/C28H53N5O7/c1-10-18(2)24(32(7)23(36)17-31-27(38)28(4,5)29-6)21(39-8)16-22(35)33-14-11-12-20(33)25(40-9)19(3)26(37)30-13-15-34/h18-21,24-25,29,34H,10-17H2,1-9H3,(H,30,37)(H,31,38). The van der Waals surface area contributed by atoms with Crippen LogP contribution in [0.3, 0.4) is 0 Å². The van der Waals surface area contributed by atoms with Gasteiger partial charge in [-0.3, -0.25) is 19.2 Å². The molecular weight excluding hydrogens is 518 g/mol. The zero-order valence-corrected chi connectivity index (χ0v) is 25.9. The minimum Gasteiger partial charge on any atom is -0.395 e. The SMILES string of the molecule is CCC(C)C(C(CC(=O)N1CCCC1C(OC)C(C)C(=O)NCCO)OC)N(C)C(=O)CNC(=O)C(C)(C)NC. The summed E-state index contributed by atoms with van der Waals surface area (Å²) in [6.07, 6.45) is 1.22. The average molecular weight is 572 g/mol. The van der Waals surface area contributed by atoms with Crippen LogP contribution < -0.4 is 16.0 Å². The number of aliphatic hydroxyl groups excluding tert-OH is 1. The van der Waals surface area contributed by atoms with Crippen LogP contribution in [0.2, 0.25) is 0 Å². The number of aliphatic hydroxyl groups is 1. The number of amides is 4. The number of carbonyl (C=O) groups is 4. The summed E-state index contributed by atoms with van der Waals surface area (Å²) >= 11 is 0. The van der Waals surface area contributed by atoms with Crippen molar-refractivity contribution < 1.29 is 33.8 Å². The number of methoxy groups -OCH3 is 2. The first-order valence-electron chi connectivity index (χ1n) is 14.3. The fourth-order valence-corrected chi connectivity index (χ4v) is 5.28. The van der Waals surface area contributed by atoms with Gasteiger partial charge in [0.1, 0.15) is 0 Å². The van der Waals surface area contributed by atoms with Crippen molar-refractivity contribution in [2.75, 3.05) is 54.6 Å². The summed E-state index contributed by atoms with van der Waals surface area (Å²) in [5, 5.41) is 17.3. The molecule has 1 fully saturated rings. The van der Waals surface area contributed by atoms with Crippen molar-refractivity contribution in [3.63, 3.8) is 0 Å². The van der Waals surface area contributed by atoms with Crippen LogP contribution in [0.5, 0.6) is 0 Å². The van der Waals surface area contributed by atoms with Crippen molar-refractivity contribution in [1.82, 2.24) is 25.8 Å². The second kappa shape index (κ2) is 16.9. The number of hydrogen-bond acceptors (Lipinski definition) is 8. The maximum Gasteiger partial charge on any atom is 0.242 e. The summed E-state index contributed by atoms with van der Waals surface area (Å²) in [6, 6.07) is -0.680. The van der Waals surface area contributed by atoms with Crippen LogP contribution in [0, 0.1) is 11.8 Å². The van der Waals surface area contributed by atoms with E-state index in [0.29, 0.717) is 13.0 Å². The molecule has 0 aromatic carbocycles. The van der Waals surface area contributed by atoms with E-state index in [1.165, 1.54) is 14.2 Å². The molecule has 6 atom stereocenters. The molecule has 0 aromatic rings. The maximum atomic E-state index is 13.7. The van der Waals surface area contributed by atoms with Crippen LogP contribution in [-0.2, 0) is 28.7 Å². The van der Waals surface area contributed by atoms with Gasteiger partial charge >= 0.3 is 0 Å². The highest BCUT2D eigenvalue weighted by atomic mass is 16.5. The fraction of sp³-hybridized carbons (Fsp3) is 0.857. The Balaban J connectivity index is 3.05. The van der Waals surface area contributed by atoms with E-state index < -0.39 is 29.7 Å². The first-order valence-corrected chi connectivity index (χ1v) is 14.3. The third-order valence-corrected chi connectivity index (χ3v) is 8.31. The summed E-state index contributed by atoms with van der Waals surface area (Å²) in [5.74, 6) is -1.43. The van der Waals surface area contributed by atoms with Crippen LogP contribution in [-0.4, -0.2) is 123 Å². The van der Waals surface area contributed by atoms with E-state index in [1.54, 1.807) is 44.7 Å². The Morgan fingerprint density at radius 3 is 2.30 bits per heavy atom. The van der Waals surface area contributed by atoms with Crippen LogP contribution in [0.25, 0.3) is 0 Å². The topological polar surface area (TPSA) is 150 Å². The van der Waals surface area contributed by atoms with Gasteiger partial charge in [-0.25, -0.2) is 0 Å². The molecule has 0 aliphatic carbocycles. The molecule has 0 aromatic heterocycles. The zero-order valence-electron chi connectivity index (χ0n) is 25.9. The monoisotopic (exact) mass is 571 g/mol. The number of likely N-dealkylation sites (tertiary alicyclic amines) is 1. The Morgan fingerprint density at radius 1 is 1.12 bits per heavy atom. The molecule has 0 saturated carbocycles. The highest BCUT2D eigenvalue weighted by Gasteiger charge is 2.42. The molecule has 232 valence electrons. The van der Waals surface area contributed by atoms with Gasteiger partial charge in [0.2, 0.25) is 23.6 Å². The Bertz CT molecular complexity index is 840. The third kappa shape index (κ3) is 9.39. The lowest BCUT2D eigenvalue weighted by molar-refractivity contribution is -0.145. The predicted molar refractivity (Wildman–Crippen MR) is 152 cm³/mol. The summed E-state index contributed by atoms with van der Waals surface area (Å²) in [6.45, 7) is 9.62. The molecule has 1 aliphatic rings. The van der Waals surface area contributed by atoms with E-state index in [2.05, 4.69) is 16.0 Å². The Morgan fingerprint density at radius 2 is 1.77 bits per heavy atom. The van der Waals surface area contributed by atoms with Crippen molar-refractivity contribution in [2.45, 2.75) is 90.1 Å². The Hall–Kier alpha value is -2.28. The number of nitrogens with zero attached hydrogens (tertiary/aromatic N) is 2. The van der Waals surface area contributed by atoms with Gasteiger partial charge in [-0.15, -0.1) is 0 Å². The molecule has 1 aliphatic heterocycles. The number of hydrogen-bond donors (Lipinski definition) is 4. The van der Waals surface area contributed by atoms with E-state index in [-0.39, 0.29) is 61.7 Å². The smallest absolute Gasteiger partial charge is 0.242 e. The van der Waals surface area contributed by atoms with Crippen molar-refractivity contribution in [3.05, 3.63) is 0 Å². The summed E-state index contributed by atoms with van der Waals surface area (Å²) < 4.78 is 11.5. The number of likely N-dealkylation sites (N-methyl/N-ethyl adjacent to an activating group) is 2. The number of nitrogens with one attached hydrogen (secondary N) is 3. The van der Waals surface area contributed by atoms with E-state index in [0.717, 1.165) is 12.8 Å². The highest BCUT2D eigenvalue weighted by Crippen LogP contribution is 2.29. The van der Waals surface area contributed by atoms with E-state index in [9.17, 15) is 19.2 Å². The van der Waals surface area contributed by atoms with Crippen LogP contribution in [0.1, 0.15) is 60.3 Å². The van der Waals surface area contributed by atoms with Crippen LogP contribution >= 0.6 is 0 Å². The number of rotatable bonds is 17. The molecule has 12 nitrogen and oxygen atoms in total. The third-order valence-electron chi connectivity index (χ3n) is 8.31. The molecular formula is C28H53N5O7. The minimum atomic E-state index is -0.820. The molecule has 6 unspecified atom stereocenters. The number of ether oxygens (including phenoxy) is 2. The van der Waals surface area contributed by atoms with Crippen LogP contribution in [0.15, 0.2) is 0 Å². The molecule has 40 heavy (non-hydrogen) atoms. The van der Waals surface area contributed by atoms with Gasteiger partial charge in [0, 0.05) is 34.4 Å². The molecule has 4 amide bonds. The second-order valence-electron chi connectivity index (χ2n) is 11.2. The van der Waals surface area contributed by atoms with Gasteiger partial charge < -0.3 is 40.3 Å². The Kier molecular flexibility index (Phi) is 15.1. The minimum absolute atomic E-state index is 0.0208. The summed E-state index contributed by atoms with van der Waals surface area (Å²) in [7, 11) is 6.43. The van der Waals surface area contributed by atoms with Gasteiger partial charge in [0.15, 0.2) is 0 Å². The molecule has 1 heterocycles. The summed E-state index contributed by atoms with van der Waals surface area (Å²) in [4.78, 5) is 55.2. The van der Waals surface area contributed by atoms with Crippen LogP contribution in [0.4, 0.5) is 0 Å². The van der Waals surface area contributed by atoms with Crippen molar-refractivity contribution in [1.29, 1.82) is 0 Å². The highest BCUT2D eigenvalue weighted by molar-refractivity contribution is 5.89. The first kappa shape index (κ1) is 35.7. The van der Waals surface area contributed by atoms with Gasteiger partial charge in [0.05, 0.1) is 55.3 Å². The molecule has 12 heteroatoms. The molecule has 0 bridgehead atoms.